The van der Waals surface area contributed by atoms with Crippen LogP contribution in [0.15, 0.2) is 53.4 Å². The van der Waals surface area contributed by atoms with Crippen LogP contribution >= 0.6 is 11.8 Å². The molecule has 0 spiro atoms. The predicted octanol–water partition coefficient (Wildman–Crippen LogP) is 3.08. The van der Waals surface area contributed by atoms with Gasteiger partial charge in [-0.3, -0.25) is 14.4 Å². The number of rotatable bonds is 8. The Morgan fingerprint density at radius 3 is 2.25 bits per heavy atom. The van der Waals surface area contributed by atoms with E-state index >= 15 is 0 Å². The van der Waals surface area contributed by atoms with Crippen molar-refractivity contribution in [3.05, 3.63) is 59.7 Å². The standard InChI is InChI=1S/C21H24N2O4S/c1-14-8-7-9-15(2)20(14)23-18(24)12-22-19(25)13-27-21(26)16(3)28-17-10-5-4-6-11-17/h4-11,16H,12-13H2,1-3H3,(H,22,25)(H,23,24)/t16-/m0/s1. The van der Waals surface area contributed by atoms with Crippen LogP contribution in [0.3, 0.4) is 0 Å². The predicted molar refractivity (Wildman–Crippen MR) is 110 cm³/mol. The molecule has 2 amide bonds. The SMILES string of the molecule is Cc1cccc(C)c1NC(=O)CNC(=O)COC(=O)[C@H](C)Sc1ccccc1. The van der Waals surface area contributed by atoms with Gasteiger partial charge in [-0.1, -0.05) is 36.4 Å². The van der Waals surface area contributed by atoms with Crippen molar-refractivity contribution in [2.75, 3.05) is 18.5 Å². The fraction of sp³-hybridized carbons (Fsp3) is 0.286. The van der Waals surface area contributed by atoms with E-state index in [1.54, 1.807) is 6.92 Å². The topological polar surface area (TPSA) is 84.5 Å². The first-order valence-corrected chi connectivity index (χ1v) is 9.76. The number of esters is 1. The van der Waals surface area contributed by atoms with Gasteiger partial charge in [0.15, 0.2) is 6.61 Å². The summed E-state index contributed by atoms with van der Waals surface area (Å²) in [6, 6.07) is 15.2. The highest BCUT2D eigenvalue weighted by Crippen LogP contribution is 2.23. The molecule has 0 radical (unpaired) electrons. The Bertz CT molecular complexity index is 819. The van der Waals surface area contributed by atoms with Crippen LogP contribution in [-0.2, 0) is 19.1 Å². The van der Waals surface area contributed by atoms with Crippen LogP contribution in [0.25, 0.3) is 0 Å². The summed E-state index contributed by atoms with van der Waals surface area (Å²) in [6.45, 7) is 4.90. The van der Waals surface area contributed by atoms with E-state index < -0.39 is 23.7 Å². The van der Waals surface area contributed by atoms with Crippen LogP contribution < -0.4 is 10.6 Å². The van der Waals surface area contributed by atoms with Gasteiger partial charge in [0.2, 0.25) is 5.91 Å². The van der Waals surface area contributed by atoms with E-state index in [1.807, 2.05) is 62.4 Å². The summed E-state index contributed by atoms with van der Waals surface area (Å²) in [5.74, 6) is -1.35. The lowest BCUT2D eigenvalue weighted by molar-refractivity contribution is -0.147. The Morgan fingerprint density at radius 1 is 0.964 bits per heavy atom. The van der Waals surface area contributed by atoms with E-state index in [2.05, 4.69) is 10.6 Å². The van der Waals surface area contributed by atoms with Crippen molar-refractivity contribution in [2.45, 2.75) is 30.9 Å². The Kier molecular flexibility index (Phi) is 8.07. The molecular formula is C21H24N2O4S. The second-order valence-electron chi connectivity index (χ2n) is 6.27. The van der Waals surface area contributed by atoms with E-state index in [0.29, 0.717) is 0 Å². The van der Waals surface area contributed by atoms with E-state index in [1.165, 1.54) is 11.8 Å². The number of benzene rings is 2. The minimum Gasteiger partial charge on any atom is -0.455 e. The largest absolute Gasteiger partial charge is 0.455 e. The molecule has 2 aromatic carbocycles. The van der Waals surface area contributed by atoms with Gasteiger partial charge in [0.25, 0.3) is 5.91 Å². The molecule has 0 aliphatic carbocycles. The number of thioether (sulfide) groups is 1. The van der Waals surface area contributed by atoms with Gasteiger partial charge < -0.3 is 15.4 Å². The number of carbonyl (C=O) groups is 3. The molecule has 1 atom stereocenters. The molecule has 0 saturated heterocycles. The van der Waals surface area contributed by atoms with Crippen molar-refractivity contribution in [1.29, 1.82) is 0 Å². The zero-order chi connectivity index (χ0) is 20.5. The van der Waals surface area contributed by atoms with E-state index in [4.69, 9.17) is 4.74 Å². The zero-order valence-corrected chi connectivity index (χ0v) is 17.0. The number of aryl methyl sites for hydroxylation is 2. The highest BCUT2D eigenvalue weighted by molar-refractivity contribution is 8.00. The van der Waals surface area contributed by atoms with E-state index in [-0.39, 0.29) is 12.5 Å². The molecule has 0 unspecified atom stereocenters. The number of nitrogens with one attached hydrogen (secondary N) is 2. The molecule has 0 aliphatic heterocycles. The summed E-state index contributed by atoms with van der Waals surface area (Å²) in [7, 11) is 0. The first-order chi connectivity index (χ1) is 13.4. The Hall–Kier alpha value is -2.80. The number of hydrogen-bond donors (Lipinski definition) is 2. The number of amides is 2. The molecule has 28 heavy (non-hydrogen) atoms. The lowest BCUT2D eigenvalue weighted by atomic mass is 10.1. The number of para-hydroxylation sites is 1. The summed E-state index contributed by atoms with van der Waals surface area (Å²) < 4.78 is 5.02. The zero-order valence-electron chi connectivity index (χ0n) is 16.2. The molecule has 148 valence electrons. The third kappa shape index (κ3) is 6.74. The summed E-state index contributed by atoms with van der Waals surface area (Å²) in [5, 5.41) is 4.79. The number of carbonyl (C=O) groups excluding carboxylic acids is 3. The molecule has 0 aliphatic rings. The van der Waals surface area contributed by atoms with Gasteiger partial charge >= 0.3 is 5.97 Å². The van der Waals surface area contributed by atoms with Gasteiger partial charge in [0.1, 0.15) is 5.25 Å². The van der Waals surface area contributed by atoms with Crippen LogP contribution in [0, 0.1) is 13.8 Å². The molecule has 2 aromatic rings. The van der Waals surface area contributed by atoms with Crippen molar-refractivity contribution in [1.82, 2.24) is 5.32 Å². The first kappa shape index (κ1) is 21.5. The summed E-state index contributed by atoms with van der Waals surface area (Å²) in [4.78, 5) is 36.8. The molecule has 2 N–H and O–H groups in total. The number of hydrogen-bond acceptors (Lipinski definition) is 5. The third-order valence-electron chi connectivity index (χ3n) is 3.93. The van der Waals surface area contributed by atoms with Crippen LogP contribution in [-0.4, -0.2) is 36.2 Å². The molecule has 0 saturated carbocycles. The molecule has 2 rings (SSSR count). The molecule has 0 heterocycles. The highest BCUT2D eigenvalue weighted by atomic mass is 32.2. The third-order valence-corrected chi connectivity index (χ3v) is 5.02. The second-order valence-corrected chi connectivity index (χ2v) is 7.69. The summed E-state index contributed by atoms with van der Waals surface area (Å²) >= 11 is 1.36. The fourth-order valence-corrected chi connectivity index (χ4v) is 3.32. The van der Waals surface area contributed by atoms with Crippen molar-refractivity contribution < 1.29 is 19.1 Å². The first-order valence-electron chi connectivity index (χ1n) is 8.88. The second kappa shape index (κ2) is 10.5. The van der Waals surface area contributed by atoms with Crippen molar-refractivity contribution in [2.24, 2.45) is 0 Å². The monoisotopic (exact) mass is 400 g/mol. The van der Waals surface area contributed by atoms with Gasteiger partial charge in [0, 0.05) is 10.6 Å². The number of anilines is 1. The molecule has 0 bridgehead atoms. The smallest absolute Gasteiger partial charge is 0.319 e. The Balaban J connectivity index is 1.72. The van der Waals surface area contributed by atoms with Crippen molar-refractivity contribution in [3.8, 4) is 0 Å². The van der Waals surface area contributed by atoms with Gasteiger partial charge in [-0.25, -0.2) is 0 Å². The van der Waals surface area contributed by atoms with Crippen molar-refractivity contribution in [3.63, 3.8) is 0 Å². The average Bonchev–Trinajstić information content (AvgIpc) is 2.68. The molecule has 6 nitrogen and oxygen atoms in total. The highest BCUT2D eigenvalue weighted by Gasteiger charge is 2.17. The average molecular weight is 401 g/mol. The Morgan fingerprint density at radius 2 is 1.61 bits per heavy atom. The lowest BCUT2D eigenvalue weighted by Crippen LogP contribution is -2.36. The van der Waals surface area contributed by atoms with E-state index in [0.717, 1.165) is 21.7 Å². The lowest BCUT2D eigenvalue weighted by Gasteiger charge is -2.13. The van der Waals surface area contributed by atoms with Crippen LogP contribution in [0.4, 0.5) is 5.69 Å². The van der Waals surface area contributed by atoms with Crippen LogP contribution in [0.5, 0.6) is 0 Å². The van der Waals surface area contributed by atoms with Gasteiger partial charge in [-0.15, -0.1) is 11.8 Å². The molecular weight excluding hydrogens is 376 g/mol. The number of ether oxygens (including phenoxy) is 1. The summed E-state index contributed by atoms with van der Waals surface area (Å²) in [6.07, 6.45) is 0. The van der Waals surface area contributed by atoms with Crippen LogP contribution in [0.2, 0.25) is 0 Å². The van der Waals surface area contributed by atoms with Gasteiger partial charge in [0.05, 0.1) is 6.54 Å². The molecule has 0 fully saturated rings. The minimum absolute atomic E-state index is 0.196. The maximum atomic E-state index is 12.0. The normalized spacial score (nSPS) is 11.4. The Labute approximate surface area is 169 Å². The minimum atomic E-state index is -0.526. The summed E-state index contributed by atoms with van der Waals surface area (Å²) in [5.41, 5.74) is 2.62. The van der Waals surface area contributed by atoms with Gasteiger partial charge in [-0.05, 0) is 44.0 Å². The van der Waals surface area contributed by atoms with Gasteiger partial charge in [-0.2, -0.15) is 0 Å². The van der Waals surface area contributed by atoms with Crippen LogP contribution in [0.1, 0.15) is 18.1 Å². The van der Waals surface area contributed by atoms with E-state index in [9.17, 15) is 14.4 Å². The molecule has 0 aromatic heterocycles. The fourth-order valence-electron chi connectivity index (χ4n) is 2.43. The quantitative estimate of drug-likeness (QED) is 0.525. The van der Waals surface area contributed by atoms with Crippen molar-refractivity contribution >= 4 is 35.2 Å². The maximum absolute atomic E-state index is 12.0. The maximum Gasteiger partial charge on any atom is 0.319 e. The molecule has 7 heteroatoms.